The van der Waals surface area contributed by atoms with Gasteiger partial charge in [-0.1, -0.05) is 27.2 Å². The van der Waals surface area contributed by atoms with E-state index in [0.29, 0.717) is 18.6 Å². The van der Waals surface area contributed by atoms with Crippen LogP contribution < -0.4 is 5.32 Å². The molecule has 1 heterocycles. The molecule has 0 radical (unpaired) electrons. The van der Waals surface area contributed by atoms with Crippen LogP contribution in [0.2, 0.25) is 0 Å². The van der Waals surface area contributed by atoms with E-state index in [4.69, 9.17) is 9.47 Å². The van der Waals surface area contributed by atoms with Gasteiger partial charge in [-0.05, 0) is 33.1 Å². The van der Waals surface area contributed by atoms with E-state index in [1.165, 1.54) is 0 Å². The summed E-state index contributed by atoms with van der Waals surface area (Å²) in [5, 5.41) is 23.7. The molecule has 1 aliphatic rings. The molecule has 0 saturated carbocycles. The second-order valence-electron chi connectivity index (χ2n) is 7.41. The molecule has 0 amide bonds. The van der Waals surface area contributed by atoms with E-state index in [-0.39, 0.29) is 12.6 Å². The Bertz CT molecular complexity index is 318. The predicted octanol–water partition coefficient (Wildman–Crippen LogP) is 1.70. The van der Waals surface area contributed by atoms with E-state index in [9.17, 15) is 10.2 Å². The van der Waals surface area contributed by atoms with Crippen LogP contribution in [0.1, 0.15) is 54.4 Å². The number of nitrogens with one attached hydrogen (secondary N) is 1. The smallest absolute Gasteiger partial charge is 0.114 e. The molecule has 22 heavy (non-hydrogen) atoms. The molecule has 0 aromatic carbocycles. The van der Waals surface area contributed by atoms with Gasteiger partial charge >= 0.3 is 0 Å². The van der Waals surface area contributed by atoms with Crippen molar-refractivity contribution in [2.24, 2.45) is 5.92 Å². The Kier molecular flexibility index (Phi) is 7.75. The number of aliphatic hydroxyl groups excluding tert-OH is 2. The Hall–Kier alpha value is -0.200. The first-order chi connectivity index (χ1) is 10.2. The Morgan fingerprint density at radius 1 is 1.27 bits per heavy atom. The van der Waals surface area contributed by atoms with Crippen LogP contribution in [-0.2, 0) is 9.47 Å². The summed E-state index contributed by atoms with van der Waals surface area (Å²) in [5.41, 5.74) is -0.398. The average Bonchev–Trinajstić information content (AvgIpc) is 2.46. The second kappa shape index (κ2) is 8.60. The Morgan fingerprint density at radius 2 is 1.91 bits per heavy atom. The second-order valence-corrected chi connectivity index (χ2v) is 7.41. The maximum atomic E-state index is 10.7. The lowest BCUT2D eigenvalue weighted by molar-refractivity contribution is -0.214. The summed E-state index contributed by atoms with van der Waals surface area (Å²) in [5.74, 6) is 0.537. The Balaban J connectivity index is 2.77. The van der Waals surface area contributed by atoms with Crippen molar-refractivity contribution in [2.75, 3.05) is 13.2 Å². The molecule has 132 valence electrons. The molecular formula is C17H35NO4. The lowest BCUT2D eigenvalue weighted by Gasteiger charge is -2.44. The molecule has 0 spiro atoms. The first-order valence-corrected chi connectivity index (χ1v) is 8.57. The normalized spacial score (nSPS) is 32.7. The van der Waals surface area contributed by atoms with Crippen LogP contribution in [0.5, 0.6) is 0 Å². The van der Waals surface area contributed by atoms with Gasteiger partial charge in [-0.15, -0.1) is 0 Å². The van der Waals surface area contributed by atoms with Gasteiger partial charge in [-0.2, -0.15) is 0 Å². The first kappa shape index (κ1) is 19.8. The third-order valence-corrected chi connectivity index (χ3v) is 4.47. The molecule has 6 atom stereocenters. The van der Waals surface area contributed by atoms with Gasteiger partial charge in [0.1, 0.15) is 18.3 Å². The lowest BCUT2D eigenvalue weighted by Crippen LogP contribution is -2.62. The monoisotopic (exact) mass is 317 g/mol. The van der Waals surface area contributed by atoms with Gasteiger partial charge in [0.25, 0.3) is 0 Å². The van der Waals surface area contributed by atoms with Crippen molar-refractivity contribution in [1.29, 1.82) is 0 Å². The van der Waals surface area contributed by atoms with Gasteiger partial charge in [0.05, 0.1) is 24.9 Å². The van der Waals surface area contributed by atoms with Crippen molar-refractivity contribution >= 4 is 0 Å². The maximum absolute atomic E-state index is 10.7. The summed E-state index contributed by atoms with van der Waals surface area (Å²) in [6, 6.07) is 0.170. The minimum Gasteiger partial charge on any atom is -0.394 e. The highest BCUT2D eigenvalue weighted by Crippen LogP contribution is 2.25. The van der Waals surface area contributed by atoms with Gasteiger partial charge in [-0.25, -0.2) is 0 Å². The van der Waals surface area contributed by atoms with Crippen LogP contribution in [0.25, 0.3) is 0 Å². The quantitative estimate of drug-likeness (QED) is 0.667. The van der Waals surface area contributed by atoms with Crippen LogP contribution in [0, 0.1) is 5.92 Å². The van der Waals surface area contributed by atoms with Crippen LogP contribution in [-0.4, -0.2) is 59.4 Å². The van der Waals surface area contributed by atoms with Gasteiger partial charge in [-0.3, -0.25) is 0 Å². The zero-order chi connectivity index (χ0) is 16.9. The largest absolute Gasteiger partial charge is 0.394 e. The fourth-order valence-corrected chi connectivity index (χ4v) is 2.97. The van der Waals surface area contributed by atoms with Crippen molar-refractivity contribution in [3.63, 3.8) is 0 Å². The molecule has 1 fully saturated rings. The third kappa shape index (κ3) is 5.46. The van der Waals surface area contributed by atoms with Crippen molar-refractivity contribution < 1.29 is 19.7 Å². The third-order valence-electron chi connectivity index (χ3n) is 4.47. The van der Waals surface area contributed by atoms with E-state index < -0.39 is 23.9 Å². The van der Waals surface area contributed by atoms with E-state index in [1.54, 1.807) is 0 Å². The molecule has 1 aliphatic heterocycles. The molecule has 0 aromatic rings. The lowest BCUT2D eigenvalue weighted by atomic mass is 9.92. The number of hydrogen-bond donors (Lipinski definition) is 3. The molecule has 1 saturated heterocycles. The zero-order valence-corrected chi connectivity index (χ0v) is 15.0. The van der Waals surface area contributed by atoms with E-state index in [1.807, 2.05) is 20.8 Å². The Labute approximate surface area is 135 Å². The molecule has 1 rings (SSSR count). The summed E-state index contributed by atoms with van der Waals surface area (Å²) >= 11 is 0. The van der Waals surface area contributed by atoms with Crippen LogP contribution >= 0.6 is 0 Å². The number of ether oxygens (including phenoxy) is 2. The minimum atomic E-state index is -0.691. The number of aliphatic hydroxyl groups is 2. The SMILES string of the molecule is CCC(C)C(CC)NC1COC(CO)C(OC(C)(C)C)C1O. The van der Waals surface area contributed by atoms with Crippen molar-refractivity contribution in [3.05, 3.63) is 0 Å². The van der Waals surface area contributed by atoms with E-state index >= 15 is 0 Å². The Morgan fingerprint density at radius 3 is 2.36 bits per heavy atom. The summed E-state index contributed by atoms with van der Waals surface area (Å²) in [6.45, 7) is 12.6. The van der Waals surface area contributed by atoms with Crippen molar-refractivity contribution in [2.45, 2.75) is 90.4 Å². The molecule has 0 bridgehead atoms. The van der Waals surface area contributed by atoms with Gasteiger partial charge in [0, 0.05) is 6.04 Å². The summed E-state index contributed by atoms with van der Waals surface area (Å²) < 4.78 is 11.7. The first-order valence-electron chi connectivity index (χ1n) is 8.57. The standard InChI is InChI=1S/C17H35NO4/c1-7-11(3)12(8-2)18-13-10-21-14(9-19)16(15(13)20)22-17(4,5)6/h11-16,18-20H,7-10H2,1-6H3. The fourth-order valence-electron chi connectivity index (χ4n) is 2.97. The molecule has 5 nitrogen and oxygen atoms in total. The van der Waals surface area contributed by atoms with Crippen LogP contribution in [0.3, 0.4) is 0 Å². The number of hydrogen-bond acceptors (Lipinski definition) is 5. The highest BCUT2D eigenvalue weighted by atomic mass is 16.6. The molecule has 5 heteroatoms. The van der Waals surface area contributed by atoms with Gasteiger partial charge < -0.3 is 25.0 Å². The van der Waals surface area contributed by atoms with E-state index in [2.05, 4.69) is 26.1 Å². The molecule has 0 aliphatic carbocycles. The molecule has 3 N–H and O–H groups in total. The zero-order valence-electron chi connectivity index (χ0n) is 15.0. The maximum Gasteiger partial charge on any atom is 0.114 e. The fraction of sp³-hybridized carbons (Fsp3) is 1.00. The minimum absolute atomic E-state index is 0.146. The summed E-state index contributed by atoms with van der Waals surface area (Å²) in [7, 11) is 0. The molecule has 0 aromatic heterocycles. The topological polar surface area (TPSA) is 71.0 Å². The summed E-state index contributed by atoms with van der Waals surface area (Å²) in [4.78, 5) is 0. The summed E-state index contributed by atoms with van der Waals surface area (Å²) in [6.07, 6.45) is 0.410. The molecular weight excluding hydrogens is 282 g/mol. The van der Waals surface area contributed by atoms with Gasteiger partial charge in [0.2, 0.25) is 0 Å². The van der Waals surface area contributed by atoms with Crippen molar-refractivity contribution in [1.82, 2.24) is 5.32 Å². The predicted molar refractivity (Wildman–Crippen MR) is 87.9 cm³/mol. The van der Waals surface area contributed by atoms with Crippen molar-refractivity contribution in [3.8, 4) is 0 Å². The van der Waals surface area contributed by atoms with Crippen LogP contribution in [0.15, 0.2) is 0 Å². The molecule has 6 unspecified atom stereocenters. The van der Waals surface area contributed by atoms with Crippen LogP contribution in [0.4, 0.5) is 0 Å². The average molecular weight is 317 g/mol. The van der Waals surface area contributed by atoms with E-state index in [0.717, 1.165) is 12.8 Å². The number of rotatable bonds is 7. The highest BCUT2D eigenvalue weighted by Gasteiger charge is 2.42. The van der Waals surface area contributed by atoms with Gasteiger partial charge in [0.15, 0.2) is 0 Å². The highest BCUT2D eigenvalue weighted by molar-refractivity contribution is 4.94.